The molecule has 3 aromatic carbocycles. The fraction of sp³-hybridized carbons (Fsp3) is 0.681. The number of carbonyl (C=O) groups excluding carboxylic acids is 7. The second-order valence-electron chi connectivity index (χ2n) is 36.1. The number of hydrogen-bond donors (Lipinski definition) is 1. The van der Waals surface area contributed by atoms with Crippen LogP contribution in [-0.2, 0) is 128 Å². The van der Waals surface area contributed by atoms with Gasteiger partial charge in [0.2, 0.25) is 0 Å². The summed E-state index contributed by atoms with van der Waals surface area (Å²) in [6, 6.07) is 16.5. The van der Waals surface area contributed by atoms with Gasteiger partial charge < -0.3 is 61.2 Å². The lowest BCUT2D eigenvalue weighted by Gasteiger charge is -2.32. The molecule has 746 valence electrons. The van der Waals surface area contributed by atoms with E-state index < -0.39 is 122 Å². The molecule has 0 bridgehead atoms. The Labute approximate surface area is 770 Å². The average Bonchev–Trinajstić information content (AvgIpc) is 0.924. The average molecular weight is 1950 g/mol. The molecule has 6 atom stereocenters. The number of benzene rings is 3. The number of rotatable bonds is 23. The molecule has 0 radical (unpaired) electrons. The summed E-state index contributed by atoms with van der Waals surface area (Å²) < 4.78 is 246. The highest BCUT2D eigenvalue weighted by atomic mass is 32.3. The van der Waals surface area contributed by atoms with Gasteiger partial charge in [-0.1, -0.05) is 55.7 Å². The number of fused-ring (bicyclic) bond motifs is 2. The maximum atomic E-state index is 12.7. The minimum Gasteiger partial charge on any atom is -0.493 e. The molecule has 41 heteroatoms. The fourth-order valence-corrected chi connectivity index (χ4v) is 18.3. The van der Waals surface area contributed by atoms with Gasteiger partial charge in [-0.15, -0.1) is 21.1 Å². The molecular weight excluding hydrogens is 1820 g/mol. The molecule has 3 heterocycles. The Morgan fingerprint density at radius 3 is 1.34 bits per heavy atom. The molecule has 0 amide bonds. The summed E-state index contributed by atoms with van der Waals surface area (Å²) in [6.45, 7) is 34.4. The van der Waals surface area contributed by atoms with Gasteiger partial charge in [0.1, 0.15) is 34.6 Å². The summed E-state index contributed by atoms with van der Waals surface area (Å²) >= 11 is 0. The first kappa shape index (κ1) is 115. The number of esters is 4. The number of Topliss-reactive ketones (excluding diaryl/α,β-unsaturated/α-hetero) is 3. The van der Waals surface area contributed by atoms with Crippen LogP contribution in [0.3, 0.4) is 0 Å². The molecule has 5 aliphatic carbocycles. The number of allylic oxidation sites excluding steroid dienone is 2. The first-order valence-corrected chi connectivity index (χ1v) is 48.8. The third-order valence-electron chi connectivity index (χ3n) is 21.5. The Hall–Kier alpha value is -7.77. The van der Waals surface area contributed by atoms with Crippen LogP contribution >= 0.6 is 0 Å². The quantitative estimate of drug-likeness (QED) is 0.0399. The smallest absolute Gasteiger partial charge is 0.493 e. The zero-order valence-electron chi connectivity index (χ0n) is 78.4. The molecule has 6 unspecified atom stereocenters. The van der Waals surface area contributed by atoms with Crippen molar-refractivity contribution in [3.63, 3.8) is 0 Å². The number of aliphatic hydroxyl groups excluding tert-OH is 1. The topological polar surface area (TPSA) is 365 Å². The van der Waals surface area contributed by atoms with E-state index in [1.54, 1.807) is 41.5 Å². The number of anilines is 1. The van der Waals surface area contributed by atoms with Gasteiger partial charge in [0.25, 0.3) is 0 Å². The number of sulfonamides is 2. The molecule has 28 nitrogen and oxygen atoms in total. The first-order valence-electron chi connectivity index (χ1n) is 44.6. The van der Waals surface area contributed by atoms with Crippen molar-refractivity contribution < 1.29 is 164 Å². The second-order valence-corrected chi connectivity index (χ2v) is 41.0. The SMILES string of the molecule is CC1(C)OB(c2ccc3c(c2)CCCO3)OC1(C)C.CCOC(=O)C(O)C1CCCCC1=O.CCOC(=O)C(OC(C)(C)C)C1=C(OS(=O)(=O)OC(F)(F)F)CCCC1.CCOC(=O)C(OC(C)(C)C)C1=C(c2ccc3c(c2)CCCO3)CCCC1.CCOC(=O)C(OC(C)(C)C)C1CCCCC1=O.O=C1CCCCC1.O=S(=O)(N(c1ccccc1)S(=O)(=O)C(F)(F)F)C(F)(F)F. The van der Waals surface area contributed by atoms with Crippen LogP contribution in [0.15, 0.2) is 83.6 Å². The van der Waals surface area contributed by atoms with Gasteiger partial charge in [0.15, 0.2) is 24.4 Å². The predicted molar refractivity (Wildman–Crippen MR) is 472 cm³/mol. The van der Waals surface area contributed by atoms with Crippen LogP contribution in [0.5, 0.6) is 11.5 Å². The number of hydrogen-bond acceptors (Lipinski definition) is 27. The second kappa shape index (κ2) is 50.3. The first-order chi connectivity index (χ1) is 61.2. The van der Waals surface area contributed by atoms with Crippen molar-refractivity contribution in [2.45, 2.75) is 348 Å². The molecule has 1 saturated heterocycles. The maximum Gasteiger partial charge on any atom is 0.539 e. The van der Waals surface area contributed by atoms with Crippen molar-refractivity contribution in [1.82, 2.24) is 0 Å². The third-order valence-corrected chi connectivity index (χ3v) is 26.0. The van der Waals surface area contributed by atoms with E-state index in [9.17, 15) is 103 Å². The monoisotopic (exact) mass is 1950 g/mol. The lowest BCUT2D eigenvalue weighted by molar-refractivity contribution is -0.275. The Bertz CT molecular complexity index is 4660. The zero-order chi connectivity index (χ0) is 99.4. The standard InChI is InChI=1S/C23H32O4.C15H21BO3.C15H23F3O7S.C14H24O4.C10H16O4.C8H5F6NO4S2.C6H10O/c1-5-25-22(24)21(27-23(2,3)4)19-11-7-6-10-18(19)16-12-13-20-17(15-16)9-8-14-26-20;1-14(2)15(3,4)19-16(18-14)12-7-8-13-11(10-12)6-5-9-17-13;1-5-22-13(19)12(23-14(2,3)4)10-8-6-7-9-11(10)24-26(20,21)25-15(16,17)18;1-5-17-13(16)12(18-14(2,3)4)10-8-6-7-9-11(10)15;1-2-14-10(13)9(12)7-5-3-4-6-8(7)11;9-7(10,11)20(16,17)15(6-4-2-1-3-5-6)21(18,19)8(12,13)14;7-6-4-2-1-3-5-6/h12-13,15,21H,5-11,14H2,1-4H3;7-8,10H,5-6,9H2,1-4H3;12H,5-9H2,1-4H3;10,12H,5-9H2,1-4H3;7,9,12H,2-6H2,1H3;1-5H;1-5H2. The van der Waals surface area contributed by atoms with Crippen molar-refractivity contribution in [2.75, 3.05) is 43.4 Å². The van der Waals surface area contributed by atoms with E-state index in [1.807, 2.05) is 60.6 Å². The van der Waals surface area contributed by atoms with E-state index in [-0.39, 0.29) is 79.2 Å². The summed E-state index contributed by atoms with van der Waals surface area (Å²) in [5.74, 6) is -0.713. The predicted octanol–water partition coefficient (Wildman–Crippen LogP) is 17.6. The van der Waals surface area contributed by atoms with Gasteiger partial charge in [0, 0.05) is 37.7 Å². The molecule has 11 rings (SSSR count). The molecule has 8 aliphatic rings. The van der Waals surface area contributed by atoms with Crippen molar-refractivity contribution in [3.8, 4) is 11.5 Å². The molecule has 132 heavy (non-hydrogen) atoms. The highest BCUT2D eigenvalue weighted by Crippen LogP contribution is 2.43. The van der Waals surface area contributed by atoms with Crippen LogP contribution in [0, 0.1) is 11.8 Å². The number of halogens is 9. The van der Waals surface area contributed by atoms with Crippen molar-refractivity contribution in [3.05, 3.63) is 100 Å². The highest BCUT2D eigenvalue weighted by molar-refractivity contribution is 8.11. The van der Waals surface area contributed by atoms with Crippen LogP contribution in [-0.4, -0.2) is 188 Å². The summed E-state index contributed by atoms with van der Waals surface area (Å²) in [6.07, 6.45) is 11.5. The van der Waals surface area contributed by atoms with Gasteiger partial charge in [-0.05, 0) is 290 Å². The molecule has 3 saturated carbocycles. The maximum absolute atomic E-state index is 12.7. The minimum atomic E-state index is -6.81. The van der Waals surface area contributed by atoms with Gasteiger partial charge in [0.05, 0.1) is 85.2 Å². The molecule has 3 aliphatic heterocycles. The van der Waals surface area contributed by atoms with Crippen molar-refractivity contribution in [2.24, 2.45) is 11.8 Å². The largest absolute Gasteiger partial charge is 0.539 e. The van der Waals surface area contributed by atoms with Gasteiger partial charge in [-0.25, -0.2) is 19.2 Å². The van der Waals surface area contributed by atoms with Crippen LogP contribution in [0.25, 0.3) is 5.57 Å². The number of ketones is 3. The van der Waals surface area contributed by atoms with Crippen molar-refractivity contribution in [1.29, 1.82) is 0 Å². The third kappa shape index (κ3) is 36.1. The van der Waals surface area contributed by atoms with Crippen LogP contribution in [0.4, 0.5) is 45.2 Å². The van der Waals surface area contributed by atoms with E-state index in [2.05, 4.69) is 65.1 Å². The van der Waals surface area contributed by atoms with E-state index in [4.69, 9.17) is 47.2 Å². The molecule has 4 fully saturated rings. The normalized spacial score (nSPS) is 19.8. The number of ether oxygens (including phenoxy) is 9. The molecule has 1 N–H and O–H groups in total. The summed E-state index contributed by atoms with van der Waals surface area (Å²) in [5, 5.41) is 9.55. The number of carbonyl (C=O) groups is 7. The molecular formula is C91H131BF9NO27S3. The van der Waals surface area contributed by atoms with Crippen LogP contribution in [0.1, 0.15) is 282 Å². The van der Waals surface area contributed by atoms with Crippen LogP contribution in [0.2, 0.25) is 0 Å². The van der Waals surface area contributed by atoms with Crippen molar-refractivity contribution >= 4 is 95.5 Å². The lowest BCUT2D eigenvalue weighted by atomic mass is 9.78. The van der Waals surface area contributed by atoms with E-state index in [1.165, 1.54) is 28.7 Å². The Balaban J connectivity index is 0.000000279. The number of alkyl halides is 9. The number of para-hydroxylation sites is 1. The van der Waals surface area contributed by atoms with E-state index in [0.717, 1.165) is 163 Å². The lowest BCUT2D eigenvalue weighted by Crippen LogP contribution is -2.49. The minimum absolute atomic E-state index is 0.0168. The molecule has 0 aromatic heterocycles. The highest BCUT2D eigenvalue weighted by Gasteiger charge is 2.62. The summed E-state index contributed by atoms with van der Waals surface area (Å²) in [7, 11) is -19.3. The van der Waals surface area contributed by atoms with Gasteiger partial charge in [-0.2, -0.15) is 51.6 Å². The van der Waals surface area contributed by atoms with Gasteiger partial charge in [-0.3, -0.25) is 14.4 Å². The summed E-state index contributed by atoms with van der Waals surface area (Å²) in [5.41, 5.74) is -8.76. The van der Waals surface area contributed by atoms with E-state index in [0.29, 0.717) is 63.2 Å². The Kier molecular flexibility index (Phi) is 43.8. The molecule has 3 aromatic rings. The zero-order valence-corrected chi connectivity index (χ0v) is 80.9. The van der Waals surface area contributed by atoms with Gasteiger partial charge >= 0.3 is 78.8 Å². The molecule has 0 spiro atoms. The number of aliphatic hydroxyl groups is 1. The van der Waals surface area contributed by atoms with E-state index >= 15 is 0 Å². The Morgan fingerprint density at radius 1 is 0.477 bits per heavy atom. The number of nitrogens with zero attached hydrogens (tertiary/aromatic N) is 1. The Morgan fingerprint density at radius 2 is 0.894 bits per heavy atom. The number of aryl methyl sites for hydroxylation is 2. The summed E-state index contributed by atoms with van der Waals surface area (Å²) in [4.78, 5) is 81.9. The fourth-order valence-electron chi connectivity index (χ4n) is 14.9. The van der Waals surface area contributed by atoms with Crippen LogP contribution < -0.4 is 18.6 Å².